The predicted octanol–water partition coefficient (Wildman–Crippen LogP) is 4.80. The quantitative estimate of drug-likeness (QED) is 0.595. The van der Waals surface area contributed by atoms with Gasteiger partial charge >= 0.3 is 0 Å². The van der Waals surface area contributed by atoms with Crippen molar-refractivity contribution in [3.8, 4) is 5.88 Å². The zero-order valence-corrected chi connectivity index (χ0v) is 18.5. The lowest BCUT2D eigenvalue weighted by Gasteiger charge is -2.22. The van der Waals surface area contributed by atoms with Gasteiger partial charge in [0.2, 0.25) is 5.88 Å². The summed E-state index contributed by atoms with van der Waals surface area (Å²) in [6.07, 6.45) is 9.21. The Kier molecular flexibility index (Phi) is 5.07. The van der Waals surface area contributed by atoms with Crippen molar-refractivity contribution in [1.29, 1.82) is 0 Å². The normalized spacial score (nSPS) is 27.2. The summed E-state index contributed by atoms with van der Waals surface area (Å²) < 4.78 is 20.5. The maximum atomic E-state index is 6.43. The standard InChI is InChI=1S/C25H29N3O3/c1-5-28-14-19(20-21(28)24(29-4)27-15-26-20)18-13-17(12-11-16-9-7-6-8-10-16)22-23(18)31-25(2,3)30-22/h6-12,14-15,17-18,22-23H,5,13H2,1-4H3/b12-11+. The van der Waals surface area contributed by atoms with Crippen LogP contribution in [0.4, 0.5) is 0 Å². The summed E-state index contributed by atoms with van der Waals surface area (Å²) in [5, 5.41) is 0. The molecule has 0 bridgehead atoms. The van der Waals surface area contributed by atoms with E-state index in [4.69, 9.17) is 14.2 Å². The van der Waals surface area contributed by atoms with E-state index in [1.165, 1.54) is 11.1 Å². The number of rotatable bonds is 5. The molecule has 1 aromatic carbocycles. The van der Waals surface area contributed by atoms with Crippen LogP contribution in [0, 0.1) is 5.92 Å². The van der Waals surface area contributed by atoms with Crippen molar-refractivity contribution in [3.63, 3.8) is 0 Å². The van der Waals surface area contributed by atoms with Gasteiger partial charge in [-0.3, -0.25) is 0 Å². The van der Waals surface area contributed by atoms with Crippen molar-refractivity contribution in [2.24, 2.45) is 5.92 Å². The van der Waals surface area contributed by atoms with Gasteiger partial charge < -0.3 is 18.8 Å². The van der Waals surface area contributed by atoms with E-state index in [1.54, 1.807) is 13.4 Å². The van der Waals surface area contributed by atoms with Crippen molar-refractivity contribution in [1.82, 2.24) is 14.5 Å². The van der Waals surface area contributed by atoms with E-state index in [0.29, 0.717) is 5.88 Å². The molecule has 0 amide bonds. The molecule has 6 nitrogen and oxygen atoms in total. The van der Waals surface area contributed by atoms with Crippen LogP contribution in [-0.4, -0.2) is 39.6 Å². The first kappa shape index (κ1) is 20.2. The van der Waals surface area contributed by atoms with Gasteiger partial charge in [0.25, 0.3) is 0 Å². The van der Waals surface area contributed by atoms with E-state index >= 15 is 0 Å². The second-order valence-corrected chi connectivity index (χ2v) is 8.79. The number of hydrogen-bond donors (Lipinski definition) is 0. The molecule has 2 fully saturated rings. The van der Waals surface area contributed by atoms with Crippen LogP contribution < -0.4 is 4.74 Å². The fourth-order valence-corrected chi connectivity index (χ4v) is 5.11. The molecule has 4 atom stereocenters. The molecule has 0 spiro atoms. The Labute approximate surface area is 182 Å². The first-order valence-electron chi connectivity index (χ1n) is 11.0. The molecule has 31 heavy (non-hydrogen) atoms. The fraction of sp³-hybridized carbons (Fsp3) is 0.440. The monoisotopic (exact) mass is 419 g/mol. The van der Waals surface area contributed by atoms with Gasteiger partial charge in [0.1, 0.15) is 11.8 Å². The Bertz CT molecular complexity index is 1110. The SMILES string of the molecule is CCn1cc(C2CC(/C=C/c3ccccc3)C3OC(C)(C)OC23)c2ncnc(OC)c21. The van der Waals surface area contributed by atoms with Crippen molar-refractivity contribution < 1.29 is 14.2 Å². The molecular formula is C25H29N3O3. The van der Waals surface area contributed by atoms with Crippen molar-refractivity contribution in [3.05, 3.63) is 60.1 Å². The number of nitrogens with zero attached hydrogens (tertiary/aromatic N) is 3. The van der Waals surface area contributed by atoms with Crippen molar-refractivity contribution in [2.75, 3.05) is 7.11 Å². The summed E-state index contributed by atoms with van der Waals surface area (Å²) >= 11 is 0. The lowest BCUT2D eigenvalue weighted by molar-refractivity contribution is -0.156. The van der Waals surface area contributed by atoms with E-state index in [0.717, 1.165) is 24.0 Å². The first-order valence-corrected chi connectivity index (χ1v) is 11.0. The van der Waals surface area contributed by atoms with Crippen LogP contribution in [0.1, 0.15) is 44.2 Å². The largest absolute Gasteiger partial charge is 0.479 e. The summed E-state index contributed by atoms with van der Waals surface area (Å²) in [6, 6.07) is 10.4. The molecular weight excluding hydrogens is 390 g/mol. The third-order valence-electron chi connectivity index (χ3n) is 6.42. The van der Waals surface area contributed by atoms with Crippen LogP contribution in [0.2, 0.25) is 0 Å². The number of methoxy groups -OCH3 is 1. The lowest BCUT2D eigenvalue weighted by atomic mass is 9.96. The number of aryl methyl sites for hydroxylation is 1. The molecule has 2 aromatic heterocycles. The van der Waals surface area contributed by atoms with Crippen LogP contribution in [-0.2, 0) is 16.0 Å². The molecule has 162 valence electrons. The predicted molar refractivity (Wildman–Crippen MR) is 120 cm³/mol. The smallest absolute Gasteiger partial charge is 0.241 e. The highest BCUT2D eigenvalue weighted by molar-refractivity contribution is 5.84. The lowest BCUT2D eigenvalue weighted by Crippen LogP contribution is -2.24. The summed E-state index contributed by atoms with van der Waals surface area (Å²) in [5.74, 6) is 0.466. The Morgan fingerprint density at radius 3 is 2.68 bits per heavy atom. The Hall–Kier alpha value is -2.70. The Balaban J connectivity index is 1.54. The summed E-state index contributed by atoms with van der Waals surface area (Å²) in [6.45, 7) is 6.94. The van der Waals surface area contributed by atoms with E-state index < -0.39 is 5.79 Å². The summed E-state index contributed by atoms with van der Waals surface area (Å²) in [5.41, 5.74) is 4.27. The molecule has 3 heterocycles. The highest BCUT2D eigenvalue weighted by Gasteiger charge is 2.54. The number of ether oxygens (including phenoxy) is 3. The first-order chi connectivity index (χ1) is 15.0. The van der Waals surface area contributed by atoms with Crippen LogP contribution >= 0.6 is 0 Å². The van der Waals surface area contributed by atoms with E-state index in [9.17, 15) is 0 Å². The number of benzene rings is 1. The molecule has 3 aromatic rings. The third kappa shape index (κ3) is 3.54. The molecule has 1 saturated carbocycles. The molecule has 1 aliphatic carbocycles. The zero-order chi connectivity index (χ0) is 21.6. The second-order valence-electron chi connectivity index (χ2n) is 8.79. The maximum Gasteiger partial charge on any atom is 0.241 e. The van der Waals surface area contributed by atoms with Gasteiger partial charge in [0.15, 0.2) is 5.79 Å². The second kappa shape index (κ2) is 7.77. The maximum absolute atomic E-state index is 6.43. The number of hydrogen-bond acceptors (Lipinski definition) is 5. The molecule has 1 aliphatic heterocycles. The average molecular weight is 420 g/mol. The highest BCUT2D eigenvalue weighted by Crippen LogP contribution is 2.51. The van der Waals surface area contributed by atoms with Crippen LogP contribution in [0.25, 0.3) is 17.1 Å². The minimum Gasteiger partial charge on any atom is -0.479 e. The molecule has 0 radical (unpaired) electrons. The van der Waals surface area contributed by atoms with Crippen LogP contribution in [0.15, 0.2) is 48.9 Å². The van der Waals surface area contributed by atoms with Gasteiger partial charge in [-0.05, 0) is 32.8 Å². The van der Waals surface area contributed by atoms with E-state index in [2.05, 4.69) is 64.1 Å². The average Bonchev–Trinajstić information content (AvgIpc) is 3.41. The third-order valence-corrected chi connectivity index (χ3v) is 6.42. The van der Waals surface area contributed by atoms with Gasteiger partial charge in [0, 0.05) is 30.1 Å². The van der Waals surface area contributed by atoms with Crippen LogP contribution in [0.5, 0.6) is 5.88 Å². The molecule has 4 unspecified atom stereocenters. The van der Waals surface area contributed by atoms with E-state index in [-0.39, 0.29) is 24.0 Å². The van der Waals surface area contributed by atoms with E-state index in [1.807, 2.05) is 19.9 Å². The number of fused-ring (bicyclic) bond motifs is 2. The molecule has 0 N–H and O–H groups in total. The summed E-state index contributed by atoms with van der Waals surface area (Å²) in [7, 11) is 1.65. The topological polar surface area (TPSA) is 58.4 Å². The molecule has 5 rings (SSSR count). The summed E-state index contributed by atoms with van der Waals surface area (Å²) in [4.78, 5) is 8.97. The fourth-order valence-electron chi connectivity index (χ4n) is 5.11. The van der Waals surface area contributed by atoms with Crippen LogP contribution in [0.3, 0.4) is 0 Å². The van der Waals surface area contributed by atoms with Gasteiger partial charge in [-0.2, -0.15) is 4.98 Å². The van der Waals surface area contributed by atoms with Gasteiger partial charge in [-0.25, -0.2) is 4.98 Å². The molecule has 6 heteroatoms. The number of aromatic nitrogens is 3. The molecule has 1 saturated heterocycles. The highest BCUT2D eigenvalue weighted by atomic mass is 16.8. The van der Waals surface area contributed by atoms with Crippen molar-refractivity contribution >= 4 is 17.1 Å². The zero-order valence-electron chi connectivity index (χ0n) is 18.5. The minimum absolute atomic E-state index is 0.0164. The van der Waals surface area contributed by atoms with Gasteiger partial charge in [-0.1, -0.05) is 42.5 Å². The minimum atomic E-state index is -0.595. The van der Waals surface area contributed by atoms with Gasteiger partial charge in [-0.15, -0.1) is 0 Å². The Morgan fingerprint density at radius 1 is 1.16 bits per heavy atom. The molecule has 2 aliphatic rings. The van der Waals surface area contributed by atoms with Crippen molar-refractivity contribution in [2.45, 2.75) is 57.6 Å². The Morgan fingerprint density at radius 2 is 1.94 bits per heavy atom. The van der Waals surface area contributed by atoms with Gasteiger partial charge in [0.05, 0.1) is 24.8 Å².